The van der Waals surface area contributed by atoms with Gasteiger partial charge in [-0.15, -0.1) is 0 Å². The first-order valence-electron chi connectivity index (χ1n) is 12.2. The number of fused-ring (bicyclic) bond motifs is 3. The fraction of sp³-hybridized carbons (Fsp3) is 0.960. The van der Waals surface area contributed by atoms with E-state index in [0.717, 1.165) is 31.6 Å². The summed E-state index contributed by atoms with van der Waals surface area (Å²) in [6, 6.07) is 0. The molecule has 4 aliphatic carbocycles. The Bertz CT molecular complexity index is 678. The predicted octanol–water partition coefficient (Wildman–Crippen LogP) is 4.73. The van der Waals surface area contributed by atoms with Crippen LogP contribution in [0.25, 0.3) is 0 Å². The summed E-state index contributed by atoms with van der Waals surface area (Å²) in [5, 5.41) is 10.3. The molecule has 10 atom stereocenters. The highest BCUT2D eigenvalue weighted by molar-refractivity contribution is 5.69. The van der Waals surface area contributed by atoms with Crippen molar-refractivity contribution < 1.29 is 19.4 Å². The van der Waals surface area contributed by atoms with Gasteiger partial charge in [0.2, 0.25) is 0 Å². The number of rotatable bonds is 4. The fourth-order valence-electron chi connectivity index (χ4n) is 9.31. The fourth-order valence-corrected chi connectivity index (χ4v) is 9.31. The summed E-state index contributed by atoms with van der Waals surface area (Å²) in [4.78, 5) is 11.7. The standard InChI is InChI=1S/C25H40O4/c1-15(5-10-22(27)28-4)18-8-9-19-20-7-6-16-13-17(26)11-12-24(16,3)25(20)21(29-25)14-23(18,19)2/h15-21,26H,5-14H2,1-4H3/t15-,16-,17-,18-,19+,20+,21-,23-,24+,25-/m1/s1. The molecule has 0 amide bonds. The van der Waals surface area contributed by atoms with E-state index >= 15 is 0 Å². The molecule has 5 aliphatic rings. The minimum absolute atomic E-state index is 0.0736. The zero-order chi connectivity index (χ0) is 20.6. The molecule has 1 N–H and O–H groups in total. The second kappa shape index (κ2) is 6.69. The Morgan fingerprint density at radius 2 is 1.93 bits per heavy atom. The summed E-state index contributed by atoms with van der Waals surface area (Å²) in [6.07, 6.45) is 11.3. The molecule has 1 aliphatic heterocycles. The van der Waals surface area contributed by atoms with Crippen molar-refractivity contribution in [2.75, 3.05) is 7.11 Å². The highest BCUT2D eigenvalue weighted by atomic mass is 16.6. The number of carbonyl (C=O) groups excluding carboxylic acids is 1. The van der Waals surface area contributed by atoms with Gasteiger partial charge < -0.3 is 14.6 Å². The lowest BCUT2D eigenvalue weighted by Crippen LogP contribution is -2.60. The average molecular weight is 405 g/mol. The van der Waals surface area contributed by atoms with Crippen LogP contribution >= 0.6 is 0 Å². The molecule has 0 aromatic rings. The van der Waals surface area contributed by atoms with Gasteiger partial charge in [-0.25, -0.2) is 0 Å². The highest BCUT2D eigenvalue weighted by Crippen LogP contribution is 2.76. The van der Waals surface area contributed by atoms with E-state index in [-0.39, 0.29) is 23.1 Å². The first-order chi connectivity index (χ1) is 13.8. The van der Waals surface area contributed by atoms with E-state index in [2.05, 4.69) is 20.8 Å². The third kappa shape index (κ3) is 2.67. The molecule has 4 heteroatoms. The maximum absolute atomic E-state index is 11.7. The van der Waals surface area contributed by atoms with Gasteiger partial charge in [0.25, 0.3) is 0 Å². The van der Waals surface area contributed by atoms with E-state index in [9.17, 15) is 9.90 Å². The van der Waals surface area contributed by atoms with Crippen LogP contribution in [0.5, 0.6) is 0 Å². The van der Waals surface area contributed by atoms with Crippen molar-refractivity contribution in [2.45, 2.75) is 103 Å². The van der Waals surface area contributed by atoms with Gasteiger partial charge >= 0.3 is 5.97 Å². The molecular weight excluding hydrogens is 364 g/mol. The van der Waals surface area contributed by atoms with Crippen molar-refractivity contribution in [3.8, 4) is 0 Å². The van der Waals surface area contributed by atoms with Gasteiger partial charge in [-0.1, -0.05) is 20.8 Å². The van der Waals surface area contributed by atoms with E-state index in [1.807, 2.05) is 0 Å². The van der Waals surface area contributed by atoms with Crippen LogP contribution in [-0.4, -0.2) is 36.0 Å². The van der Waals surface area contributed by atoms with Crippen LogP contribution < -0.4 is 0 Å². The van der Waals surface area contributed by atoms with Gasteiger partial charge in [-0.3, -0.25) is 4.79 Å². The molecular formula is C25H40O4. The van der Waals surface area contributed by atoms with E-state index in [0.29, 0.717) is 41.6 Å². The molecule has 0 radical (unpaired) electrons. The Morgan fingerprint density at radius 3 is 2.69 bits per heavy atom. The van der Waals surface area contributed by atoms with Crippen LogP contribution in [0.15, 0.2) is 0 Å². The average Bonchev–Trinajstić information content (AvgIpc) is 3.31. The number of carbonyl (C=O) groups is 1. The number of aliphatic hydroxyl groups excluding tert-OH is 1. The molecule has 4 nitrogen and oxygen atoms in total. The third-order valence-electron chi connectivity index (χ3n) is 10.8. The van der Waals surface area contributed by atoms with Crippen molar-refractivity contribution in [2.24, 2.45) is 40.4 Å². The molecule has 29 heavy (non-hydrogen) atoms. The Balaban J connectivity index is 1.37. The molecule has 4 saturated carbocycles. The van der Waals surface area contributed by atoms with Crippen LogP contribution in [0.1, 0.15) is 85.0 Å². The molecule has 0 aromatic carbocycles. The first-order valence-corrected chi connectivity index (χ1v) is 12.2. The molecule has 0 bridgehead atoms. The maximum Gasteiger partial charge on any atom is 0.305 e. The quantitative estimate of drug-likeness (QED) is 0.544. The van der Waals surface area contributed by atoms with Gasteiger partial charge in [-0.2, -0.15) is 0 Å². The number of epoxide rings is 1. The number of hydrogen-bond acceptors (Lipinski definition) is 4. The Morgan fingerprint density at radius 1 is 1.17 bits per heavy atom. The van der Waals surface area contributed by atoms with Gasteiger partial charge in [0.15, 0.2) is 0 Å². The minimum atomic E-state index is -0.0985. The minimum Gasteiger partial charge on any atom is -0.469 e. The van der Waals surface area contributed by atoms with E-state index in [1.165, 1.54) is 39.2 Å². The van der Waals surface area contributed by atoms with Crippen LogP contribution in [0.4, 0.5) is 0 Å². The summed E-state index contributed by atoms with van der Waals surface area (Å²) in [5.41, 5.74) is 0.711. The number of esters is 1. The lowest BCUT2D eigenvalue weighted by atomic mass is 9.44. The lowest BCUT2D eigenvalue weighted by molar-refractivity contribution is -0.141. The zero-order valence-electron chi connectivity index (χ0n) is 18.8. The molecule has 0 unspecified atom stereocenters. The molecule has 1 spiro atoms. The van der Waals surface area contributed by atoms with Gasteiger partial charge in [0.1, 0.15) is 5.60 Å². The first kappa shape index (κ1) is 20.3. The summed E-state index contributed by atoms with van der Waals surface area (Å²) in [6.45, 7) is 7.41. The van der Waals surface area contributed by atoms with Crippen molar-refractivity contribution in [1.82, 2.24) is 0 Å². The predicted molar refractivity (Wildman–Crippen MR) is 111 cm³/mol. The van der Waals surface area contributed by atoms with E-state index in [4.69, 9.17) is 9.47 Å². The van der Waals surface area contributed by atoms with E-state index in [1.54, 1.807) is 0 Å². The van der Waals surface area contributed by atoms with Crippen LogP contribution in [-0.2, 0) is 14.3 Å². The summed E-state index contributed by atoms with van der Waals surface area (Å²) in [7, 11) is 1.49. The smallest absolute Gasteiger partial charge is 0.305 e. The van der Waals surface area contributed by atoms with Gasteiger partial charge in [-0.05, 0) is 92.8 Å². The molecule has 1 saturated heterocycles. The van der Waals surface area contributed by atoms with Crippen LogP contribution in [0, 0.1) is 40.4 Å². The van der Waals surface area contributed by atoms with Crippen molar-refractivity contribution in [1.29, 1.82) is 0 Å². The maximum atomic E-state index is 11.7. The second-order valence-electron chi connectivity index (χ2n) is 11.7. The largest absolute Gasteiger partial charge is 0.469 e. The Hall–Kier alpha value is -0.610. The van der Waals surface area contributed by atoms with Crippen molar-refractivity contribution in [3.63, 3.8) is 0 Å². The van der Waals surface area contributed by atoms with Gasteiger partial charge in [0, 0.05) is 11.8 Å². The number of hydrogen-bond donors (Lipinski definition) is 1. The van der Waals surface area contributed by atoms with Crippen LogP contribution in [0.3, 0.4) is 0 Å². The number of ether oxygens (including phenoxy) is 2. The molecule has 164 valence electrons. The van der Waals surface area contributed by atoms with Crippen molar-refractivity contribution in [3.05, 3.63) is 0 Å². The molecule has 0 aromatic heterocycles. The number of aliphatic hydroxyl groups is 1. The Kier molecular flexibility index (Phi) is 4.68. The summed E-state index contributed by atoms with van der Waals surface area (Å²) < 4.78 is 11.6. The lowest BCUT2D eigenvalue weighted by Gasteiger charge is -2.59. The molecule has 5 fully saturated rings. The topological polar surface area (TPSA) is 59.1 Å². The van der Waals surface area contributed by atoms with Crippen LogP contribution in [0.2, 0.25) is 0 Å². The second-order valence-corrected chi connectivity index (χ2v) is 11.7. The number of methoxy groups -OCH3 is 1. The Labute approximate surface area is 176 Å². The summed E-state index contributed by atoms with van der Waals surface area (Å²) >= 11 is 0. The molecule has 5 rings (SSSR count). The normalized spacial score (nSPS) is 53.8. The zero-order valence-corrected chi connectivity index (χ0v) is 18.8. The van der Waals surface area contributed by atoms with Crippen molar-refractivity contribution >= 4 is 5.97 Å². The third-order valence-corrected chi connectivity index (χ3v) is 10.8. The molecule has 1 heterocycles. The summed E-state index contributed by atoms with van der Waals surface area (Å²) in [5.74, 6) is 3.27. The van der Waals surface area contributed by atoms with Gasteiger partial charge in [0.05, 0.1) is 19.3 Å². The highest BCUT2D eigenvalue weighted by Gasteiger charge is 2.79. The SMILES string of the molecule is COC(=O)CC[C@@H](C)[C@H]1CC[C@H]2[C@@H]3CC[C@@H]4C[C@H](O)CC[C@]4(C)[C@@]34O[C@@H]4C[C@]12C. The van der Waals surface area contributed by atoms with E-state index < -0.39 is 0 Å². The monoisotopic (exact) mass is 404 g/mol.